The minimum Gasteiger partial charge on any atom is -0.464 e. The number of nitro groups is 1. The van der Waals surface area contributed by atoms with Crippen LogP contribution in [0.2, 0.25) is 0 Å². The van der Waals surface area contributed by atoms with Crippen LogP contribution in [-0.4, -0.2) is 186 Å². The lowest BCUT2D eigenvalue weighted by atomic mass is 9.89. The number of anilines is 1. The van der Waals surface area contributed by atoms with Crippen molar-refractivity contribution in [3.05, 3.63) is 270 Å². The molecule has 8 aromatic carbocycles. The van der Waals surface area contributed by atoms with E-state index < -0.39 is 155 Å². The van der Waals surface area contributed by atoms with Gasteiger partial charge in [-0.15, -0.1) is 0 Å². The molecule has 7 aliphatic rings. The second-order valence-corrected chi connectivity index (χ2v) is 34.6. The van der Waals surface area contributed by atoms with Gasteiger partial charge in [0.2, 0.25) is 5.91 Å². The Labute approximate surface area is 761 Å². The van der Waals surface area contributed by atoms with Gasteiger partial charge in [0, 0.05) is 172 Å². The molecule has 0 spiro atoms. The Balaban J connectivity index is 0.697. The van der Waals surface area contributed by atoms with Crippen molar-refractivity contribution < 1.29 is 76.8 Å². The highest BCUT2D eigenvalue weighted by molar-refractivity contribution is 6.09. The molecule has 132 heavy (non-hydrogen) atoms. The van der Waals surface area contributed by atoms with Crippen LogP contribution in [0.15, 0.2) is 192 Å². The molecule has 15 rings (SSSR count). The van der Waals surface area contributed by atoms with Crippen molar-refractivity contribution in [2.45, 2.75) is 196 Å². The number of fused-ring (bicyclic) bond motifs is 12. The molecule has 34 nitrogen and oxygen atoms in total. The predicted molar refractivity (Wildman–Crippen MR) is 486 cm³/mol. The molecule has 3 aliphatic heterocycles. The maximum atomic E-state index is 15.5. The zero-order chi connectivity index (χ0) is 92.5. The molecule has 8 aromatic rings. The van der Waals surface area contributed by atoms with Gasteiger partial charge in [0.15, 0.2) is 0 Å². The second kappa shape index (κ2) is 42.6. The van der Waals surface area contributed by atoms with Crippen molar-refractivity contribution >= 4 is 106 Å². The van der Waals surface area contributed by atoms with Gasteiger partial charge in [-0.25, -0.2) is 0 Å². The number of ether oxygens (including phenoxy) is 1. The van der Waals surface area contributed by atoms with E-state index in [9.17, 15) is 48.5 Å². The van der Waals surface area contributed by atoms with E-state index in [0.717, 1.165) is 16.8 Å². The molecule has 8 bridgehead atoms. The first kappa shape index (κ1) is 91.9. The summed E-state index contributed by atoms with van der Waals surface area (Å²) in [5.41, 5.74) is 2.47. The van der Waals surface area contributed by atoms with Crippen LogP contribution in [-0.2, 0) is 27.4 Å². The van der Waals surface area contributed by atoms with Gasteiger partial charge in [0.25, 0.3) is 76.6 Å². The zero-order valence-corrected chi connectivity index (χ0v) is 72.9. The largest absolute Gasteiger partial charge is 0.464 e. The number of carbonyl (C=O) groups is 14. The Morgan fingerprint density at radius 1 is 0.394 bits per heavy atom. The molecule has 5 fully saturated rings. The molecule has 3 heterocycles. The van der Waals surface area contributed by atoms with Crippen molar-refractivity contribution in [2.24, 2.45) is 10.2 Å². The fraction of sp³-hybridized carbons (Fsp3) is 0.367. The first-order valence-electron chi connectivity index (χ1n) is 45.2. The number of esters is 1. The molecular formula is C98H105N17O17. The number of rotatable bonds is 21. The minimum absolute atomic E-state index is 0.0133. The third-order valence-corrected chi connectivity index (χ3v) is 25.5. The summed E-state index contributed by atoms with van der Waals surface area (Å²) in [7, 11) is 0. The Kier molecular flexibility index (Phi) is 29.6. The van der Waals surface area contributed by atoms with E-state index in [4.69, 9.17) is 4.74 Å². The van der Waals surface area contributed by atoms with Crippen LogP contribution >= 0.6 is 0 Å². The van der Waals surface area contributed by atoms with Crippen molar-refractivity contribution in [1.29, 1.82) is 0 Å². The van der Waals surface area contributed by atoms with Crippen molar-refractivity contribution in [1.82, 2.24) is 68.7 Å². The van der Waals surface area contributed by atoms with Gasteiger partial charge < -0.3 is 78.3 Å². The lowest BCUT2D eigenvalue weighted by molar-refractivity contribution is -0.384. The fourth-order valence-corrected chi connectivity index (χ4v) is 18.2. The van der Waals surface area contributed by atoms with Crippen LogP contribution in [0, 0.1) is 10.1 Å². The Hall–Kier alpha value is -14.9. The molecular weight excluding hydrogens is 1690 g/mol. The van der Waals surface area contributed by atoms with Gasteiger partial charge in [0.1, 0.15) is 6.61 Å². The van der Waals surface area contributed by atoms with E-state index in [1.54, 1.807) is 12.1 Å². The summed E-state index contributed by atoms with van der Waals surface area (Å²) in [6, 6.07) is 39.5. The first-order chi connectivity index (χ1) is 63.9. The van der Waals surface area contributed by atoms with Gasteiger partial charge in [0.05, 0.1) is 41.3 Å². The number of non-ortho nitro benzene ring substituents is 1. The summed E-state index contributed by atoms with van der Waals surface area (Å²) in [5.74, 6) is -9.38. The van der Waals surface area contributed by atoms with Crippen LogP contribution in [0.4, 0.5) is 22.7 Å². The number of carbonyl (C=O) groups excluding carboxylic acids is 14. The van der Waals surface area contributed by atoms with Gasteiger partial charge in [-0.1, -0.05) is 112 Å². The first-order valence-corrected chi connectivity index (χ1v) is 45.2. The summed E-state index contributed by atoms with van der Waals surface area (Å²) in [6.45, 7) is 2.35. The molecule has 0 aromatic heterocycles. The number of benzene rings is 8. The summed E-state index contributed by atoms with van der Waals surface area (Å²) in [5, 5.41) is 55.8. The van der Waals surface area contributed by atoms with Crippen molar-refractivity contribution in [3.63, 3.8) is 0 Å². The zero-order valence-electron chi connectivity index (χ0n) is 72.9. The molecule has 34 heteroatoms. The smallest absolute Gasteiger partial charge is 0.306 e. The average Bonchev–Trinajstić information content (AvgIpc) is 0.811. The second-order valence-electron chi connectivity index (χ2n) is 34.6. The number of nitrogens with zero attached hydrogens (tertiary/aromatic N) is 5. The minimum atomic E-state index is -1.20. The van der Waals surface area contributed by atoms with Crippen LogP contribution < -0.4 is 68.7 Å². The van der Waals surface area contributed by atoms with E-state index in [1.165, 1.54) is 102 Å². The summed E-state index contributed by atoms with van der Waals surface area (Å²) >= 11 is 0. The maximum absolute atomic E-state index is 15.5. The highest BCUT2D eigenvalue weighted by atomic mass is 16.6. The normalized spacial score (nSPS) is 21.7. The van der Waals surface area contributed by atoms with Crippen molar-refractivity contribution in [3.8, 4) is 0 Å². The molecule has 4 aliphatic carbocycles. The lowest BCUT2D eigenvalue weighted by Gasteiger charge is -2.34. The van der Waals surface area contributed by atoms with Gasteiger partial charge in [-0.2, -0.15) is 10.2 Å². The van der Waals surface area contributed by atoms with Crippen LogP contribution in [0.5, 0.6) is 0 Å². The molecule has 0 unspecified atom stereocenters. The number of likely N-dealkylation sites (tertiary alicyclic amines) is 1. The van der Waals surface area contributed by atoms with Gasteiger partial charge in [-0.3, -0.25) is 77.2 Å². The Bertz CT molecular complexity index is 5330. The fourth-order valence-electron chi connectivity index (χ4n) is 18.2. The summed E-state index contributed by atoms with van der Waals surface area (Å²) < 4.78 is 5.69. The molecule has 4 saturated carbocycles. The number of hydrogen-bond donors (Lipinski definition) is 12. The topological polar surface area (TPSA) is 467 Å². The third kappa shape index (κ3) is 23.4. The number of nitro benzene ring substituents is 1. The van der Waals surface area contributed by atoms with E-state index in [2.05, 4.69) is 74.0 Å². The SMILES string of the molecule is CCN(CCOC(=O)CCC(=O)N1C[C@@H](NC(=O)c2cc3cc(c2)C(=O)N[C@@H]2CCCC[C@H]2NC(=O)c2cc(C(=O)NCc4ccccc4)cc(c2)C(=O)N[C@@H]2CCCC[C@H]2NC3=O)[C@H](NC(=O)c2cc3cc(c2)C(=O)N[C@@H]2CCCC[C@H]2NC(=O)c2cc(C(=O)NCc4ccccc4)cc(c2)C(=O)N[C@@H]2CCCC[C@H]2NC3=O)C1)c1ccc(N=Nc2ccc([N+](=O)[O-])cc2)cc1. The molecule has 0 radical (unpaired) electrons. The average molecular weight is 1790 g/mol. The van der Waals surface area contributed by atoms with Crippen molar-refractivity contribution in [2.75, 3.05) is 37.7 Å². The summed E-state index contributed by atoms with van der Waals surface area (Å²) in [4.78, 5) is 220. The number of azo groups is 1. The number of nitrogens with one attached hydrogen (secondary N) is 12. The maximum Gasteiger partial charge on any atom is 0.306 e. The quantitative estimate of drug-likeness (QED) is 0.0138. The standard InChI is InChI=1S/C98H105N17O17/c1-2-113(73-33-29-71(30-34-73)111-112-72-31-35-74(36-32-72)115(130)131)39-40-132-86(117)38-37-85(116)114-55-83(109-97(128)69-49-65-47-66(50-69)94(125)106-80-26-14-10-22-76(80)102-90(121)62-42-59(87(118)99-53-57-17-5-3-6-18-57)41-61(45-62)89(120)101-75-21-9-13-25-79(75)105-93(65)124)84(56-114)110-98(129)70-51-67-48-68(52-70)96(127)108-82-28-16-12-24-78(82)104-92(123)64-44-60(88(119)100-54-58-19-7-4-8-20-58)43-63(46-64)91(122)103-77-23-11-15-27-81(77)107-95(67)126/h3-8,17-20,29-36,41-52,75-84H,2,9-16,21-28,37-40,53-56H2,1H3,(H,99,118)(H,100,119)(H,101,120)(H,102,121)(H,103,122)(H,104,123)(H,105,124)(H,106,125)(H,107,126)(H,108,127)(H,109,128)(H,110,129)/t75-,76-,77-,78-,79-,80-,81-,82-,83-,84-/m1/s1. The number of amides is 13. The third-order valence-electron chi connectivity index (χ3n) is 25.5. The van der Waals surface area contributed by atoms with E-state index in [-0.39, 0.29) is 118 Å². The number of likely N-dealkylation sites (N-methyl/N-ethyl adjacent to an activating group) is 1. The molecule has 10 atom stereocenters. The van der Waals surface area contributed by atoms with Gasteiger partial charge >= 0.3 is 5.97 Å². The molecule has 12 N–H and O–H groups in total. The predicted octanol–water partition coefficient (Wildman–Crippen LogP) is 9.97. The van der Waals surface area contributed by atoms with Crippen LogP contribution in [0.3, 0.4) is 0 Å². The Morgan fingerprint density at radius 3 is 0.970 bits per heavy atom. The summed E-state index contributed by atoms with van der Waals surface area (Å²) in [6.07, 6.45) is 7.67. The van der Waals surface area contributed by atoms with E-state index >= 15 is 28.8 Å². The van der Waals surface area contributed by atoms with Crippen LogP contribution in [0.25, 0.3) is 0 Å². The lowest BCUT2D eigenvalue weighted by Crippen LogP contribution is -2.54. The van der Waals surface area contributed by atoms with Gasteiger partial charge in [-0.05, 0) is 179 Å². The molecule has 13 amide bonds. The van der Waals surface area contributed by atoms with Crippen LogP contribution in [0.1, 0.15) is 258 Å². The van der Waals surface area contributed by atoms with E-state index in [0.29, 0.717) is 121 Å². The Morgan fingerprint density at radius 2 is 0.682 bits per heavy atom. The number of hydrogen-bond acceptors (Lipinski definition) is 20. The molecule has 684 valence electrons. The van der Waals surface area contributed by atoms with E-state index in [1.807, 2.05) is 84.6 Å². The highest BCUT2D eigenvalue weighted by Gasteiger charge is 2.41. The monoisotopic (exact) mass is 1790 g/mol. The molecule has 1 saturated heterocycles. The highest BCUT2D eigenvalue weighted by Crippen LogP contribution is 2.31.